The summed E-state index contributed by atoms with van der Waals surface area (Å²) in [4.78, 5) is 27.6. The molecule has 2 aromatic carbocycles. The number of pyridine rings is 1. The van der Waals surface area contributed by atoms with Crippen LogP contribution >= 0.6 is 0 Å². The van der Waals surface area contributed by atoms with Gasteiger partial charge in [0.15, 0.2) is 5.43 Å². The number of aromatic nitrogens is 1. The quantitative estimate of drug-likeness (QED) is 0.584. The second-order valence-electron chi connectivity index (χ2n) is 6.76. The third-order valence-electron chi connectivity index (χ3n) is 4.68. The van der Waals surface area contributed by atoms with Crippen molar-refractivity contribution >= 4 is 16.8 Å². The van der Waals surface area contributed by atoms with E-state index in [-0.39, 0.29) is 17.9 Å². The molecule has 0 aliphatic rings. The van der Waals surface area contributed by atoms with E-state index >= 15 is 0 Å². The van der Waals surface area contributed by atoms with Crippen molar-refractivity contribution in [3.8, 4) is 11.1 Å². The summed E-state index contributed by atoms with van der Waals surface area (Å²) in [5.74, 6) is -0.0507. The highest BCUT2D eigenvalue weighted by Crippen LogP contribution is 2.21. The first kappa shape index (κ1) is 19.4. The molecule has 142 valence electrons. The van der Waals surface area contributed by atoms with Crippen molar-refractivity contribution < 1.29 is 4.79 Å². The van der Waals surface area contributed by atoms with Crippen molar-refractivity contribution in [1.82, 2.24) is 9.47 Å². The summed E-state index contributed by atoms with van der Waals surface area (Å²) in [7, 11) is 0. The average molecular weight is 372 g/mol. The predicted octanol–water partition coefficient (Wildman–Crippen LogP) is 4.18. The van der Waals surface area contributed by atoms with Crippen molar-refractivity contribution in [1.29, 1.82) is 0 Å². The standard InChI is InChI=1S/C24H24N2O2/c1-4-13-25(14-5-2)23(27)17-26-16-21(19-9-7-6-8-10-19)24(28)20-12-11-18(3)15-22(20)26/h4-12,15-16H,1-2,13-14,17H2,3H3. The van der Waals surface area contributed by atoms with Gasteiger partial charge < -0.3 is 9.47 Å². The van der Waals surface area contributed by atoms with E-state index < -0.39 is 0 Å². The Labute approximate surface area is 165 Å². The Morgan fingerprint density at radius 1 is 1.07 bits per heavy atom. The molecule has 0 saturated heterocycles. The molecular weight excluding hydrogens is 348 g/mol. The van der Waals surface area contributed by atoms with Crippen molar-refractivity contribution in [2.45, 2.75) is 13.5 Å². The number of carbonyl (C=O) groups excluding carboxylic acids is 1. The third-order valence-corrected chi connectivity index (χ3v) is 4.68. The highest BCUT2D eigenvalue weighted by molar-refractivity contribution is 5.86. The van der Waals surface area contributed by atoms with Gasteiger partial charge in [0.05, 0.1) is 5.52 Å². The van der Waals surface area contributed by atoms with Gasteiger partial charge in [-0.2, -0.15) is 0 Å². The van der Waals surface area contributed by atoms with Crippen molar-refractivity contribution in [3.63, 3.8) is 0 Å². The summed E-state index contributed by atoms with van der Waals surface area (Å²) in [5.41, 5.74) is 3.19. The molecule has 0 aliphatic carbocycles. The molecule has 0 unspecified atom stereocenters. The number of fused-ring (bicyclic) bond motifs is 1. The van der Waals surface area contributed by atoms with Crippen LogP contribution in [0.25, 0.3) is 22.0 Å². The Balaban J connectivity index is 2.15. The second kappa shape index (κ2) is 8.53. The zero-order valence-electron chi connectivity index (χ0n) is 16.1. The molecular formula is C24H24N2O2. The van der Waals surface area contributed by atoms with E-state index in [0.717, 1.165) is 16.6 Å². The monoisotopic (exact) mass is 372 g/mol. The molecule has 0 N–H and O–H groups in total. The van der Waals surface area contributed by atoms with Crippen LogP contribution in [0.3, 0.4) is 0 Å². The van der Waals surface area contributed by atoms with Crippen LogP contribution in [-0.4, -0.2) is 28.5 Å². The maximum absolute atomic E-state index is 13.1. The van der Waals surface area contributed by atoms with E-state index in [4.69, 9.17) is 0 Å². The van der Waals surface area contributed by atoms with E-state index in [0.29, 0.717) is 24.0 Å². The van der Waals surface area contributed by atoms with Crippen LogP contribution in [0.5, 0.6) is 0 Å². The minimum atomic E-state index is -0.0507. The summed E-state index contributed by atoms with van der Waals surface area (Å²) in [6.07, 6.45) is 5.19. The SMILES string of the molecule is C=CCN(CC=C)C(=O)Cn1cc(-c2ccccc2)c(=O)c2ccc(C)cc21. The highest BCUT2D eigenvalue weighted by atomic mass is 16.2. The Kier molecular flexibility index (Phi) is 5.90. The molecule has 0 atom stereocenters. The minimum absolute atomic E-state index is 0.0288. The number of rotatable bonds is 7. The fourth-order valence-electron chi connectivity index (χ4n) is 3.29. The lowest BCUT2D eigenvalue weighted by Crippen LogP contribution is -2.34. The van der Waals surface area contributed by atoms with Gasteiger partial charge in [0.25, 0.3) is 0 Å². The fourth-order valence-corrected chi connectivity index (χ4v) is 3.29. The smallest absolute Gasteiger partial charge is 0.243 e. The van der Waals surface area contributed by atoms with Gasteiger partial charge in [0.2, 0.25) is 5.91 Å². The third kappa shape index (κ3) is 3.96. The van der Waals surface area contributed by atoms with Gasteiger partial charge in [-0.25, -0.2) is 0 Å². The van der Waals surface area contributed by atoms with E-state index in [9.17, 15) is 9.59 Å². The summed E-state index contributed by atoms with van der Waals surface area (Å²) in [6.45, 7) is 10.5. The molecule has 0 radical (unpaired) electrons. The molecule has 0 spiro atoms. The van der Waals surface area contributed by atoms with Crippen LogP contribution in [-0.2, 0) is 11.3 Å². The number of carbonyl (C=O) groups is 1. The molecule has 0 fully saturated rings. The minimum Gasteiger partial charge on any atom is -0.337 e. The van der Waals surface area contributed by atoms with Gasteiger partial charge in [-0.15, -0.1) is 13.2 Å². The number of hydrogen-bond acceptors (Lipinski definition) is 2. The molecule has 3 aromatic rings. The van der Waals surface area contributed by atoms with E-state index in [1.54, 1.807) is 23.2 Å². The zero-order valence-corrected chi connectivity index (χ0v) is 16.1. The molecule has 28 heavy (non-hydrogen) atoms. The second-order valence-corrected chi connectivity index (χ2v) is 6.76. The van der Waals surface area contributed by atoms with E-state index in [2.05, 4.69) is 13.2 Å². The van der Waals surface area contributed by atoms with Gasteiger partial charge >= 0.3 is 0 Å². The zero-order chi connectivity index (χ0) is 20.1. The molecule has 4 heteroatoms. The van der Waals surface area contributed by atoms with Crippen LogP contribution in [0.15, 0.2) is 84.8 Å². The number of aryl methyl sites for hydroxylation is 1. The van der Waals surface area contributed by atoms with Crippen LogP contribution in [0, 0.1) is 6.92 Å². The maximum Gasteiger partial charge on any atom is 0.243 e. The lowest BCUT2D eigenvalue weighted by atomic mass is 10.0. The van der Waals surface area contributed by atoms with Crippen LogP contribution in [0.1, 0.15) is 5.56 Å². The number of benzene rings is 2. The van der Waals surface area contributed by atoms with Crippen LogP contribution in [0.2, 0.25) is 0 Å². The topological polar surface area (TPSA) is 42.3 Å². The molecule has 0 bridgehead atoms. The lowest BCUT2D eigenvalue weighted by molar-refractivity contribution is -0.130. The first-order valence-corrected chi connectivity index (χ1v) is 9.24. The molecule has 4 nitrogen and oxygen atoms in total. The first-order valence-electron chi connectivity index (χ1n) is 9.24. The normalized spacial score (nSPS) is 10.6. The largest absolute Gasteiger partial charge is 0.337 e. The average Bonchev–Trinajstić information content (AvgIpc) is 2.70. The molecule has 1 amide bonds. The van der Waals surface area contributed by atoms with Gasteiger partial charge in [-0.1, -0.05) is 48.6 Å². The Morgan fingerprint density at radius 3 is 2.39 bits per heavy atom. The van der Waals surface area contributed by atoms with Crippen LogP contribution in [0.4, 0.5) is 0 Å². The van der Waals surface area contributed by atoms with Gasteiger partial charge in [0.1, 0.15) is 6.54 Å². The molecule has 0 saturated carbocycles. The van der Waals surface area contributed by atoms with E-state index in [1.807, 2.05) is 60.0 Å². The summed E-state index contributed by atoms with van der Waals surface area (Å²) in [5, 5.41) is 0.610. The molecule has 0 aliphatic heterocycles. The maximum atomic E-state index is 13.1. The lowest BCUT2D eigenvalue weighted by Gasteiger charge is -2.21. The fraction of sp³-hybridized carbons (Fsp3) is 0.167. The van der Waals surface area contributed by atoms with E-state index in [1.165, 1.54) is 0 Å². The Hall–Kier alpha value is -3.40. The van der Waals surface area contributed by atoms with Crippen molar-refractivity contribution in [3.05, 3.63) is 95.8 Å². The van der Waals surface area contributed by atoms with Crippen molar-refractivity contribution in [2.75, 3.05) is 13.1 Å². The Bertz CT molecular complexity index is 1070. The molecule has 1 heterocycles. The van der Waals surface area contributed by atoms with Gasteiger partial charge in [-0.3, -0.25) is 9.59 Å². The molecule has 3 rings (SSSR count). The Morgan fingerprint density at radius 2 is 1.75 bits per heavy atom. The number of nitrogens with zero attached hydrogens (tertiary/aromatic N) is 2. The van der Waals surface area contributed by atoms with Gasteiger partial charge in [0, 0.05) is 30.2 Å². The van der Waals surface area contributed by atoms with Gasteiger partial charge in [-0.05, 0) is 30.2 Å². The predicted molar refractivity (Wildman–Crippen MR) is 115 cm³/mol. The summed E-state index contributed by atoms with van der Waals surface area (Å²) >= 11 is 0. The summed E-state index contributed by atoms with van der Waals surface area (Å²) in [6, 6.07) is 15.2. The van der Waals surface area contributed by atoms with Crippen molar-refractivity contribution in [2.24, 2.45) is 0 Å². The summed E-state index contributed by atoms with van der Waals surface area (Å²) < 4.78 is 1.87. The van der Waals surface area contributed by atoms with Crippen LogP contribution < -0.4 is 5.43 Å². The first-order chi connectivity index (χ1) is 13.5. The highest BCUT2D eigenvalue weighted by Gasteiger charge is 2.16. The number of hydrogen-bond donors (Lipinski definition) is 0. The molecule has 1 aromatic heterocycles. The number of amides is 1.